The molecule has 104 valence electrons. The van der Waals surface area contributed by atoms with E-state index in [-0.39, 0.29) is 11.9 Å². The van der Waals surface area contributed by atoms with Gasteiger partial charge in [-0.1, -0.05) is 24.3 Å². The summed E-state index contributed by atoms with van der Waals surface area (Å²) in [7, 11) is 0. The highest BCUT2D eigenvalue weighted by Gasteiger charge is 2.23. The first-order valence-electron chi connectivity index (χ1n) is 6.90. The lowest BCUT2D eigenvalue weighted by molar-refractivity contribution is 0.585. The first kappa shape index (κ1) is 13.5. The Balaban J connectivity index is 1.94. The molecule has 0 bridgehead atoms. The molecule has 1 heterocycles. The minimum Gasteiger partial charge on any atom is -0.378 e. The number of hydrogen-bond acceptors (Lipinski definition) is 2. The maximum atomic E-state index is 13.9. The summed E-state index contributed by atoms with van der Waals surface area (Å²) >= 11 is 1.62. The van der Waals surface area contributed by atoms with Crippen molar-refractivity contribution < 1.29 is 4.39 Å². The number of aryl methyl sites for hydroxylation is 2. The number of thioether (sulfide) groups is 1. The molecule has 0 amide bonds. The van der Waals surface area contributed by atoms with E-state index in [0.717, 1.165) is 28.3 Å². The van der Waals surface area contributed by atoms with Crippen molar-refractivity contribution in [2.24, 2.45) is 0 Å². The molecule has 1 nitrogen and oxygen atoms in total. The third kappa shape index (κ3) is 2.55. The predicted molar refractivity (Wildman–Crippen MR) is 84.0 cm³/mol. The Bertz CT molecular complexity index is 639. The van der Waals surface area contributed by atoms with Crippen LogP contribution in [0, 0.1) is 19.7 Å². The molecule has 0 radical (unpaired) electrons. The van der Waals surface area contributed by atoms with Gasteiger partial charge in [-0.25, -0.2) is 4.39 Å². The van der Waals surface area contributed by atoms with Crippen LogP contribution in [0.5, 0.6) is 0 Å². The van der Waals surface area contributed by atoms with E-state index in [1.54, 1.807) is 23.9 Å². The second-order valence-corrected chi connectivity index (χ2v) is 6.42. The highest BCUT2D eigenvalue weighted by atomic mass is 32.2. The molecule has 1 unspecified atom stereocenters. The molecular formula is C17H18FNS. The van der Waals surface area contributed by atoms with Crippen LogP contribution in [0.25, 0.3) is 0 Å². The standard InChI is InChI=1S/C17H18FNS/c1-11-6-7-12(2)16(10-11)19-15-8-9-20-17-13(15)4-3-5-14(17)18/h3-7,10,15,19H,8-9H2,1-2H3. The van der Waals surface area contributed by atoms with E-state index in [9.17, 15) is 4.39 Å². The fraction of sp³-hybridized carbons (Fsp3) is 0.294. The van der Waals surface area contributed by atoms with E-state index in [0.29, 0.717) is 0 Å². The molecule has 20 heavy (non-hydrogen) atoms. The number of nitrogens with one attached hydrogen (secondary N) is 1. The highest BCUT2D eigenvalue weighted by Crippen LogP contribution is 2.39. The topological polar surface area (TPSA) is 12.0 Å². The molecule has 2 aromatic rings. The van der Waals surface area contributed by atoms with Gasteiger partial charge in [0.05, 0.1) is 6.04 Å². The van der Waals surface area contributed by atoms with Gasteiger partial charge in [-0.2, -0.15) is 0 Å². The summed E-state index contributed by atoms with van der Waals surface area (Å²) in [6.45, 7) is 4.20. The van der Waals surface area contributed by atoms with E-state index < -0.39 is 0 Å². The fourth-order valence-electron chi connectivity index (χ4n) is 2.62. The smallest absolute Gasteiger partial charge is 0.137 e. The number of halogens is 1. The summed E-state index contributed by atoms with van der Waals surface area (Å²) in [5.41, 5.74) is 4.70. The zero-order valence-corrected chi connectivity index (χ0v) is 12.6. The van der Waals surface area contributed by atoms with Crippen LogP contribution in [0.15, 0.2) is 41.3 Å². The van der Waals surface area contributed by atoms with Crippen molar-refractivity contribution in [3.05, 3.63) is 58.9 Å². The Hall–Kier alpha value is -1.48. The van der Waals surface area contributed by atoms with Crippen molar-refractivity contribution in [3.8, 4) is 0 Å². The summed E-state index contributed by atoms with van der Waals surface area (Å²) in [6.07, 6.45) is 1.02. The second kappa shape index (κ2) is 5.49. The third-order valence-corrected chi connectivity index (χ3v) is 4.91. The molecule has 1 N–H and O–H groups in total. The fourth-order valence-corrected chi connectivity index (χ4v) is 3.76. The SMILES string of the molecule is Cc1ccc(C)c(NC2CCSc3c(F)cccc32)c1. The zero-order chi connectivity index (χ0) is 14.1. The van der Waals surface area contributed by atoms with E-state index >= 15 is 0 Å². The van der Waals surface area contributed by atoms with Gasteiger partial charge in [0.1, 0.15) is 5.82 Å². The number of fused-ring (bicyclic) bond motifs is 1. The van der Waals surface area contributed by atoms with Crippen LogP contribution >= 0.6 is 11.8 Å². The van der Waals surface area contributed by atoms with Gasteiger partial charge in [0.2, 0.25) is 0 Å². The van der Waals surface area contributed by atoms with Crippen LogP contribution in [0.2, 0.25) is 0 Å². The molecule has 1 aliphatic rings. The van der Waals surface area contributed by atoms with Crippen molar-refractivity contribution in [1.29, 1.82) is 0 Å². The predicted octanol–water partition coefficient (Wildman–Crippen LogP) is 5.09. The number of rotatable bonds is 2. The molecule has 0 fully saturated rings. The molecule has 2 aromatic carbocycles. The molecular weight excluding hydrogens is 269 g/mol. The van der Waals surface area contributed by atoms with Crippen molar-refractivity contribution >= 4 is 17.4 Å². The Kier molecular flexibility index (Phi) is 3.70. The van der Waals surface area contributed by atoms with E-state index in [2.05, 4.69) is 37.4 Å². The Morgan fingerprint density at radius 3 is 2.90 bits per heavy atom. The average molecular weight is 287 g/mol. The largest absolute Gasteiger partial charge is 0.378 e. The molecule has 3 heteroatoms. The van der Waals surface area contributed by atoms with Crippen LogP contribution in [-0.2, 0) is 0 Å². The molecule has 0 aromatic heterocycles. The molecule has 3 rings (SSSR count). The summed E-state index contributed by atoms with van der Waals surface area (Å²) in [5.74, 6) is 0.858. The number of hydrogen-bond donors (Lipinski definition) is 1. The third-order valence-electron chi connectivity index (χ3n) is 3.75. The first-order chi connectivity index (χ1) is 9.65. The summed E-state index contributed by atoms with van der Waals surface area (Å²) in [4.78, 5) is 0.807. The van der Waals surface area contributed by atoms with Gasteiger partial charge in [0, 0.05) is 16.3 Å². The minimum atomic E-state index is -0.0973. The van der Waals surface area contributed by atoms with Gasteiger partial charge >= 0.3 is 0 Å². The average Bonchev–Trinajstić information content (AvgIpc) is 2.44. The molecule has 0 saturated carbocycles. The maximum Gasteiger partial charge on any atom is 0.137 e. The quantitative estimate of drug-likeness (QED) is 0.825. The van der Waals surface area contributed by atoms with Gasteiger partial charge in [-0.15, -0.1) is 11.8 Å². The monoisotopic (exact) mass is 287 g/mol. The number of anilines is 1. The first-order valence-corrected chi connectivity index (χ1v) is 7.89. The van der Waals surface area contributed by atoms with Crippen molar-refractivity contribution in [2.75, 3.05) is 11.1 Å². The molecule has 0 saturated heterocycles. The molecule has 0 spiro atoms. The Morgan fingerprint density at radius 1 is 1.20 bits per heavy atom. The second-order valence-electron chi connectivity index (χ2n) is 5.31. The van der Waals surface area contributed by atoms with Crippen molar-refractivity contribution in [2.45, 2.75) is 31.2 Å². The lowest BCUT2D eigenvalue weighted by atomic mass is 10.0. The Morgan fingerprint density at radius 2 is 2.05 bits per heavy atom. The van der Waals surface area contributed by atoms with Gasteiger partial charge in [0.25, 0.3) is 0 Å². The maximum absolute atomic E-state index is 13.9. The summed E-state index contributed by atoms with van der Waals surface area (Å²) in [5, 5.41) is 3.59. The van der Waals surface area contributed by atoms with Gasteiger partial charge in [-0.05, 0) is 49.1 Å². The van der Waals surface area contributed by atoms with Crippen LogP contribution < -0.4 is 5.32 Å². The van der Waals surface area contributed by atoms with Crippen LogP contribution in [0.1, 0.15) is 29.2 Å². The summed E-state index contributed by atoms with van der Waals surface area (Å²) < 4.78 is 13.9. The molecule has 1 atom stereocenters. The molecule has 0 aliphatic carbocycles. The highest BCUT2D eigenvalue weighted by molar-refractivity contribution is 7.99. The molecule has 1 aliphatic heterocycles. The van der Waals surface area contributed by atoms with Crippen molar-refractivity contribution in [1.82, 2.24) is 0 Å². The van der Waals surface area contributed by atoms with Gasteiger partial charge in [0.15, 0.2) is 0 Å². The lowest BCUT2D eigenvalue weighted by Gasteiger charge is -2.27. The van der Waals surface area contributed by atoms with E-state index in [1.807, 2.05) is 6.07 Å². The Labute approximate surface area is 123 Å². The minimum absolute atomic E-state index is 0.0973. The normalized spacial score (nSPS) is 17.6. The lowest BCUT2D eigenvalue weighted by Crippen LogP contribution is -2.17. The summed E-state index contributed by atoms with van der Waals surface area (Å²) in [6, 6.07) is 12.0. The van der Waals surface area contributed by atoms with Gasteiger partial charge < -0.3 is 5.32 Å². The van der Waals surface area contributed by atoms with Crippen LogP contribution in [-0.4, -0.2) is 5.75 Å². The van der Waals surface area contributed by atoms with Crippen molar-refractivity contribution in [3.63, 3.8) is 0 Å². The zero-order valence-electron chi connectivity index (χ0n) is 11.7. The van der Waals surface area contributed by atoms with E-state index in [4.69, 9.17) is 0 Å². The van der Waals surface area contributed by atoms with Crippen LogP contribution in [0.4, 0.5) is 10.1 Å². The van der Waals surface area contributed by atoms with Crippen LogP contribution in [0.3, 0.4) is 0 Å². The van der Waals surface area contributed by atoms with Gasteiger partial charge in [-0.3, -0.25) is 0 Å². The van der Waals surface area contributed by atoms with E-state index in [1.165, 1.54) is 11.1 Å². The number of benzene rings is 2.